The molecule has 0 aromatic heterocycles. The van der Waals surface area contributed by atoms with Crippen LogP contribution in [0.3, 0.4) is 0 Å². The average molecular weight is 330 g/mol. The number of carbonyl (C=O) groups is 1. The van der Waals surface area contributed by atoms with Gasteiger partial charge in [0.05, 0.1) is 4.90 Å². The van der Waals surface area contributed by atoms with Crippen molar-refractivity contribution in [1.82, 2.24) is 4.90 Å². The van der Waals surface area contributed by atoms with Crippen molar-refractivity contribution in [2.24, 2.45) is 5.92 Å². The smallest absolute Gasteiger partial charge is 0.261 e. The van der Waals surface area contributed by atoms with Crippen LogP contribution in [0.25, 0.3) is 0 Å². The highest BCUT2D eigenvalue weighted by Gasteiger charge is 2.27. The molecule has 0 unspecified atom stereocenters. The number of hydrogen-bond donors (Lipinski definition) is 0. The molecule has 0 spiro atoms. The predicted octanol–water partition coefficient (Wildman–Crippen LogP) is 3.05. The monoisotopic (exact) mass is 329 g/mol. The first-order valence-electron chi connectivity index (χ1n) is 7.23. The van der Waals surface area contributed by atoms with Crippen molar-refractivity contribution in [1.29, 1.82) is 0 Å². The molecule has 116 valence electrons. The number of halogens is 1. The largest absolute Gasteiger partial charge is 0.339 e. The minimum Gasteiger partial charge on any atom is -0.339 e. The van der Waals surface area contributed by atoms with Crippen LogP contribution < -0.4 is 0 Å². The standard InChI is InChI=1S/C15H20ClNO3S/c1-3-12-7-8-13(9-14(12)21(16,19)20)15(18)17(4-2)10-11-5-6-11/h7-9,11H,3-6,10H2,1-2H3. The Hall–Kier alpha value is -1.07. The van der Waals surface area contributed by atoms with Crippen LogP contribution in [-0.4, -0.2) is 32.3 Å². The van der Waals surface area contributed by atoms with E-state index < -0.39 is 9.05 Å². The number of amides is 1. The van der Waals surface area contributed by atoms with E-state index >= 15 is 0 Å². The SMILES string of the molecule is CCc1ccc(C(=O)N(CC)CC2CC2)cc1S(=O)(=O)Cl. The van der Waals surface area contributed by atoms with Crippen molar-refractivity contribution in [3.63, 3.8) is 0 Å². The van der Waals surface area contributed by atoms with Crippen molar-refractivity contribution >= 4 is 25.6 Å². The third-order valence-electron chi connectivity index (χ3n) is 3.80. The van der Waals surface area contributed by atoms with Crippen LogP contribution in [-0.2, 0) is 15.5 Å². The molecule has 0 aliphatic heterocycles. The van der Waals surface area contributed by atoms with Crippen LogP contribution in [0.5, 0.6) is 0 Å². The third kappa shape index (κ3) is 3.98. The number of rotatable bonds is 6. The topological polar surface area (TPSA) is 54.5 Å². The zero-order valence-corrected chi connectivity index (χ0v) is 13.9. The van der Waals surface area contributed by atoms with E-state index in [0.717, 1.165) is 6.54 Å². The van der Waals surface area contributed by atoms with E-state index in [4.69, 9.17) is 10.7 Å². The van der Waals surface area contributed by atoms with Gasteiger partial charge >= 0.3 is 0 Å². The average Bonchev–Trinajstić information content (AvgIpc) is 3.26. The van der Waals surface area contributed by atoms with Crippen molar-refractivity contribution in [2.75, 3.05) is 13.1 Å². The van der Waals surface area contributed by atoms with Crippen LogP contribution in [0.4, 0.5) is 0 Å². The lowest BCUT2D eigenvalue weighted by Gasteiger charge is -2.21. The van der Waals surface area contributed by atoms with E-state index in [1.165, 1.54) is 18.9 Å². The summed E-state index contributed by atoms with van der Waals surface area (Å²) >= 11 is 0. The molecule has 1 aliphatic carbocycles. The summed E-state index contributed by atoms with van der Waals surface area (Å²) in [6.07, 6.45) is 2.88. The predicted molar refractivity (Wildman–Crippen MR) is 83.2 cm³/mol. The van der Waals surface area contributed by atoms with Crippen LogP contribution >= 0.6 is 10.7 Å². The van der Waals surface area contributed by atoms with Gasteiger partial charge in [-0.1, -0.05) is 13.0 Å². The molecule has 1 aliphatic rings. The summed E-state index contributed by atoms with van der Waals surface area (Å²) in [6.45, 7) is 5.15. The normalized spacial score (nSPS) is 15.0. The van der Waals surface area contributed by atoms with Gasteiger partial charge in [0.2, 0.25) is 0 Å². The van der Waals surface area contributed by atoms with Crippen molar-refractivity contribution < 1.29 is 13.2 Å². The molecule has 2 rings (SSSR count). The first kappa shape index (κ1) is 16.3. The summed E-state index contributed by atoms with van der Waals surface area (Å²) < 4.78 is 23.3. The Bertz CT molecular complexity index is 638. The van der Waals surface area contributed by atoms with Crippen LogP contribution in [0, 0.1) is 5.92 Å². The molecule has 1 saturated carbocycles. The van der Waals surface area contributed by atoms with E-state index in [9.17, 15) is 13.2 Å². The number of aryl methyl sites for hydroxylation is 1. The van der Waals surface area contributed by atoms with Gasteiger partial charge in [0.15, 0.2) is 0 Å². The van der Waals surface area contributed by atoms with Gasteiger partial charge in [0, 0.05) is 29.3 Å². The van der Waals surface area contributed by atoms with Crippen molar-refractivity contribution in [3.8, 4) is 0 Å². The molecule has 1 fully saturated rings. The first-order chi connectivity index (χ1) is 9.86. The lowest BCUT2D eigenvalue weighted by Crippen LogP contribution is -2.32. The van der Waals surface area contributed by atoms with E-state index in [1.54, 1.807) is 17.0 Å². The Kier molecular flexibility index (Phi) is 4.94. The van der Waals surface area contributed by atoms with Crippen LogP contribution in [0.15, 0.2) is 23.1 Å². The quantitative estimate of drug-likeness (QED) is 0.754. The summed E-state index contributed by atoms with van der Waals surface area (Å²) in [5, 5.41) is 0. The van der Waals surface area contributed by atoms with Gasteiger partial charge in [0.25, 0.3) is 15.0 Å². The minimum atomic E-state index is -3.84. The zero-order chi connectivity index (χ0) is 15.6. The number of carbonyl (C=O) groups excluding carboxylic acids is 1. The fourth-order valence-corrected chi connectivity index (χ4v) is 3.58. The fraction of sp³-hybridized carbons (Fsp3) is 0.533. The second-order valence-corrected chi connectivity index (χ2v) is 7.94. The summed E-state index contributed by atoms with van der Waals surface area (Å²) in [6, 6.07) is 4.76. The van der Waals surface area contributed by atoms with E-state index in [2.05, 4.69) is 0 Å². The van der Waals surface area contributed by atoms with E-state index in [1.807, 2.05) is 13.8 Å². The maximum atomic E-state index is 12.5. The molecular weight excluding hydrogens is 310 g/mol. The molecule has 21 heavy (non-hydrogen) atoms. The summed E-state index contributed by atoms with van der Waals surface area (Å²) in [7, 11) is 1.63. The summed E-state index contributed by atoms with van der Waals surface area (Å²) in [5.41, 5.74) is 1.01. The van der Waals surface area contributed by atoms with Gasteiger partial charge in [-0.25, -0.2) is 8.42 Å². The van der Waals surface area contributed by atoms with Crippen LogP contribution in [0.2, 0.25) is 0 Å². The molecular formula is C15H20ClNO3S. The lowest BCUT2D eigenvalue weighted by atomic mass is 10.1. The molecule has 0 heterocycles. The molecule has 0 bridgehead atoms. The van der Waals surface area contributed by atoms with Gasteiger partial charge < -0.3 is 4.90 Å². The van der Waals surface area contributed by atoms with Crippen LogP contribution in [0.1, 0.15) is 42.6 Å². The highest BCUT2D eigenvalue weighted by atomic mass is 35.7. The second-order valence-electron chi connectivity index (χ2n) is 5.40. The maximum absolute atomic E-state index is 12.5. The Morgan fingerprint density at radius 1 is 1.33 bits per heavy atom. The Balaban J connectivity index is 2.32. The third-order valence-corrected chi connectivity index (χ3v) is 5.21. The zero-order valence-electron chi connectivity index (χ0n) is 12.3. The first-order valence-corrected chi connectivity index (χ1v) is 9.54. The Morgan fingerprint density at radius 3 is 2.48 bits per heavy atom. The molecule has 4 nitrogen and oxygen atoms in total. The summed E-state index contributed by atoms with van der Waals surface area (Å²) in [4.78, 5) is 14.3. The molecule has 0 saturated heterocycles. The van der Waals surface area contributed by atoms with Gasteiger partial charge in [0.1, 0.15) is 0 Å². The maximum Gasteiger partial charge on any atom is 0.261 e. The number of benzene rings is 1. The molecule has 0 N–H and O–H groups in total. The minimum absolute atomic E-state index is 0.0417. The molecule has 0 atom stereocenters. The molecule has 0 radical (unpaired) electrons. The number of hydrogen-bond acceptors (Lipinski definition) is 3. The summed E-state index contributed by atoms with van der Waals surface area (Å²) in [5.74, 6) is 0.466. The molecule has 1 amide bonds. The molecule has 1 aromatic rings. The Morgan fingerprint density at radius 2 is 2.00 bits per heavy atom. The highest BCUT2D eigenvalue weighted by Crippen LogP contribution is 2.30. The van der Waals surface area contributed by atoms with E-state index in [-0.39, 0.29) is 10.8 Å². The van der Waals surface area contributed by atoms with Gasteiger partial charge in [-0.3, -0.25) is 4.79 Å². The molecule has 1 aromatic carbocycles. The highest BCUT2D eigenvalue weighted by molar-refractivity contribution is 8.13. The van der Waals surface area contributed by atoms with Gasteiger partial charge in [-0.2, -0.15) is 0 Å². The lowest BCUT2D eigenvalue weighted by molar-refractivity contribution is 0.0756. The second kappa shape index (κ2) is 6.36. The van der Waals surface area contributed by atoms with Crippen molar-refractivity contribution in [3.05, 3.63) is 29.3 Å². The van der Waals surface area contributed by atoms with E-state index in [0.29, 0.717) is 30.0 Å². The Labute approximate surface area is 130 Å². The molecule has 6 heteroatoms. The van der Waals surface area contributed by atoms with Gasteiger partial charge in [-0.05, 0) is 49.8 Å². The fourth-order valence-electron chi connectivity index (χ4n) is 2.36. The van der Waals surface area contributed by atoms with Gasteiger partial charge in [-0.15, -0.1) is 0 Å². The number of nitrogens with zero attached hydrogens (tertiary/aromatic N) is 1. The van der Waals surface area contributed by atoms with Crippen molar-refractivity contribution in [2.45, 2.75) is 38.0 Å².